The molecule has 0 aliphatic carbocycles. The van der Waals surface area contributed by atoms with E-state index in [2.05, 4.69) is 0 Å². The Morgan fingerprint density at radius 2 is 1.96 bits per heavy atom. The van der Waals surface area contributed by atoms with Gasteiger partial charge in [-0.05, 0) is 24.3 Å². The quantitative estimate of drug-likeness (QED) is 0.847. The molecule has 0 unspecified atom stereocenters. The van der Waals surface area contributed by atoms with Crippen LogP contribution in [0, 0.1) is 0 Å². The molecule has 0 radical (unpaired) electrons. The van der Waals surface area contributed by atoms with Gasteiger partial charge in [-0.25, -0.2) is 0 Å². The van der Waals surface area contributed by atoms with E-state index in [9.17, 15) is 4.79 Å². The van der Waals surface area contributed by atoms with Crippen LogP contribution >= 0.6 is 0 Å². The maximum atomic E-state index is 12.5. The molecule has 126 valence electrons. The van der Waals surface area contributed by atoms with Crippen LogP contribution in [0.15, 0.2) is 54.6 Å². The zero-order chi connectivity index (χ0) is 16.8. The van der Waals surface area contributed by atoms with Crippen LogP contribution < -0.4 is 9.47 Å². The van der Waals surface area contributed by atoms with Gasteiger partial charge in [-0.2, -0.15) is 0 Å². The number of morpholine rings is 1. The highest BCUT2D eigenvalue weighted by Gasteiger charge is 2.25. The maximum Gasteiger partial charge on any atom is 0.254 e. The van der Waals surface area contributed by atoms with Crippen molar-refractivity contribution in [3.8, 4) is 11.5 Å². The fraction of sp³-hybridized carbons (Fsp3) is 0.316. The van der Waals surface area contributed by atoms with E-state index in [0.29, 0.717) is 31.9 Å². The molecule has 1 heterocycles. The molecule has 1 aliphatic heterocycles. The van der Waals surface area contributed by atoms with E-state index in [0.717, 1.165) is 11.5 Å². The summed E-state index contributed by atoms with van der Waals surface area (Å²) in [6.45, 7) is 2.04. The van der Waals surface area contributed by atoms with E-state index in [1.165, 1.54) is 0 Å². The molecule has 1 saturated heterocycles. The second kappa shape index (κ2) is 7.84. The molecule has 3 rings (SSSR count). The predicted octanol–water partition coefficient (Wildman–Crippen LogP) is 2.62. The molecule has 1 aliphatic rings. The van der Waals surface area contributed by atoms with Crippen molar-refractivity contribution in [3.05, 3.63) is 60.2 Å². The highest BCUT2D eigenvalue weighted by molar-refractivity contribution is 5.94. The normalized spacial score (nSPS) is 17.4. The van der Waals surface area contributed by atoms with Gasteiger partial charge in [0.25, 0.3) is 5.91 Å². The van der Waals surface area contributed by atoms with E-state index in [1.54, 1.807) is 7.11 Å². The van der Waals surface area contributed by atoms with Gasteiger partial charge >= 0.3 is 0 Å². The zero-order valence-electron chi connectivity index (χ0n) is 13.7. The van der Waals surface area contributed by atoms with E-state index in [-0.39, 0.29) is 12.0 Å². The predicted molar refractivity (Wildman–Crippen MR) is 90.6 cm³/mol. The van der Waals surface area contributed by atoms with Crippen molar-refractivity contribution < 1.29 is 19.0 Å². The highest BCUT2D eigenvalue weighted by atomic mass is 16.5. The molecular weight excluding hydrogens is 306 g/mol. The van der Waals surface area contributed by atoms with E-state index in [1.807, 2.05) is 59.5 Å². The fourth-order valence-corrected chi connectivity index (χ4v) is 2.65. The average molecular weight is 327 g/mol. The first-order chi connectivity index (χ1) is 11.8. The summed E-state index contributed by atoms with van der Waals surface area (Å²) < 4.78 is 16.7. The van der Waals surface area contributed by atoms with Crippen LogP contribution in [0.4, 0.5) is 0 Å². The third-order valence-electron chi connectivity index (χ3n) is 3.92. The first-order valence-electron chi connectivity index (χ1n) is 7.99. The molecule has 0 bridgehead atoms. The van der Waals surface area contributed by atoms with Crippen molar-refractivity contribution in [2.45, 2.75) is 6.10 Å². The summed E-state index contributed by atoms with van der Waals surface area (Å²) in [6, 6.07) is 16.8. The molecule has 0 N–H and O–H groups in total. The van der Waals surface area contributed by atoms with E-state index in [4.69, 9.17) is 14.2 Å². The minimum atomic E-state index is -0.141. The Labute approximate surface area is 141 Å². The van der Waals surface area contributed by atoms with Gasteiger partial charge in [-0.1, -0.05) is 24.3 Å². The lowest BCUT2D eigenvalue weighted by Crippen LogP contribution is -2.47. The monoisotopic (exact) mass is 327 g/mol. The van der Waals surface area contributed by atoms with Crippen molar-refractivity contribution >= 4 is 5.91 Å². The van der Waals surface area contributed by atoms with Crippen molar-refractivity contribution in [1.29, 1.82) is 0 Å². The van der Waals surface area contributed by atoms with Gasteiger partial charge in [0, 0.05) is 18.2 Å². The van der Waals surface area contributed by atoms with Crippen molar-refractivity contribution in [3.63, 3.8) is 0 Å². The summed E-state index contributed by atoms with van der Waals surface area (Å²) in [5, 5.41) is 0. The molecule has 0 aromatic heterocycles. The van der Waals surface area contributed by atoms with Crippen molar-refractivity contribution in [2.24, 2.45) is 0 Å². The van der Waals surface area contributed by atoms with E-state index < -0.39 is 0 Å². The van der Waals surface area contributed by atoms with Gasteiger partial charge in [-0.15, -0.1) is 0 Å². The largest absolute Gasteiger partial charge is 0.497 e. The van der Waals surface area contributed by atoms with Gasteiger partial charge in [0.15, 0.2) is 0 Å². The molecule has 2 aromatic rings. The molecule has 1 atom stereocenters. The second-order valence-corrected chi connectivity index (χ2v) is 5.60. The van der Waals surface area contributed by atoms with Crippen LogP contribution in [-0.2, 0) is 4.74 Å². The van der Waals surface area contributed by atoms with Crippen LogP contribution in [0.1, 0.15) is 10.4 Å². The topological polar surface area (TPSA) is 48.0 Å². The maximum absolute atomic E-state index is 12.5. The number of carbonyl (C=O) groups is 1. The number of methoxy groups -OCH3 is 1. The average Bonchev–Trinajstić information content (AvgIpc) is 2.67. The summed E-state index contributed by atoms with van der Waals surface area (Å²) in [5.41, 5.74) is 0.701. The molecule has 0 spiro atoms. The molecule has 1 amide bonds. The SMILES string of the molecule is COc1cccc(OC[C@H]2CN(C(=O)c3ccccc3)CCO2)c1. The van der Waals surface area contributed by atoms with E-state index >= 15 is 0 Å². The minimum absolute atomic E-state index is 0.0327. The lowest BCUT2D eigenvalue weighted by molar-refractivity contribution is -0.0401. The van der Waals surface area contributed by atoms with Crippen LogP contribution in [0.25, 0.3) is 0 Å². The molecule has 5 nitrogen and oxygen atoms in total. The zero-order valence-corrected chi connectivity index (χ0v) is 13.7. The highest BCUT2D eigenvalue weighted by Crippen LogP contribution is 2.20. The Hall–Kier alpha value is -2.53. The molecule has 24 heavy (non-hydrogen) atoms. The standard InChI is InChI=1S/C19H21NO4/c1-22-16-8-5-9-17(12-16)24-14-18-13-20(10-11-23-18)19(21)15-6-3-2-4-7-15/h2-9,12,18H,10-11,13-14H2,1H3/t18-/m1/s1. The molecule has 0 saturated carbocycles. The Kier molecular flexibility index (Phi) is 5.33. The molecule has 2 aromatic carbocycles. The first-order valence-corrected chi connectivity index (χ1v) is 7.99. The number of carbonyl (C=O) groups excluding carboxylic acids is 1. The second-order valence-electron chi connectivity index (χ2n) is 5.60. The van der Waals surface area contributed by atoms with Crippen LogP contribution in [0.5, 0.6) is 11.5 Å². The van der Waals surface area contributed by atoms with Gasteiger partial charge < -0.3 is 19.1 Å². The van der Waals surface area contributed by atoms with Gasteiger partial charge in [-0.3, -0.25) is 4.79 Å². The number of rotatable bonds is 5. The first kappa shape index (κ1) is 16.3. The van der Waals surface area contributed by atoms with Crippen LogP contribution in [-0.4, -0.2) is 50.3 Å². The number of ether oxygens (including phenoxy) is 3. The third kappa shape index (κ3) is 4.06. The number of nitrogens with zero attached hydrogens (tertiary/aromatic N) is 1. The minimum Gasteiger partial charge on any atom is -0.497 e. The molecule has 5 heteroatoms. The van der Waals surface area contributed by atoms with Gasteiger partial charge in [0.2, 0.25) is 0 Å². The Morgan fingerprint density at radius 3 is 2.75 bits per heavy atom. The number of amides is 1. The summed E-state index contributed by atoms with van der Waals surface area (Å²) in [4.78, 5) is 14.3. The Bertz CT molecular complexity index is 674. The van der Waals surface area contributed by atoms with Crippen LogP contribution in [0.2, 0.25) is 0 Å². The number of hydrogen-bond acceptors (Lipinski definition) is 4. The number of hydrogen-bond donors (Lipinski definition) is 0. The van der Waals surface area contributed by atoms with Crippen LogP contribution in [0.3, 0.4) is 0 Å². The summed E-state index contributed by atoms with van der Waals surface area (Å²) >= 11 is 0. The molecule has 1 fully saturated rings. The van der Waals surface area contributed by atoms with Crippen molar-refractivity contribution in [1.82, 2.24) is 4.90 Å². The third-order valence-corrected chi connectivity index (χ3v) is 3.92. The fourth-order valence-electron chi connectivity index (χ4n) is 2.65. The number of benzene rings is 2. The molecular formula is C19H21NO4. The van der Waals surface area contributed by atoms with Gasteiger partial charge in [0.05, 0.1) is 20.3 Å². The Balaban J connectivity index is 1.56. The summed E-state index contributed by atoms with van der Waals surface area (Å²) in [6.07, 6.45) is -0.141. The Morgan fingerprint density at radius 1 is 1.17 bits per heavy atom. The summed E-state index contributed by atoms with van der Waals surface area (Å²) in [7, 11) is 1.62. The smallest absolute Gasteiger partial charge is 0.254 e. The van der Waals surface area contributed by atoms with Gasteiger partial charge in [0.1, 0.15) is 24.2 Å². The van der Waals surface area contributed by atoms with Crippen molar-refractivity contribution in [2.75, 3.05) is 33.4 Å². The lowest BCUT2D eigenvalue weighted by atomic mass is 10.2. The lowest BCUT2D eigenvalue weighted by Gasteiger charge is -2.33. The summed E-state index contributed by atoms with van der Waals surface area (Å²) in [5.74, 6) is 1.51.